The minimum atomic E-state index is -0.607. The largest absolute Gasteiger partial charge is 0.377 e. The van der Waals surface area contributed by atoms with Gasteiger partial charge in [0.15, 0.2) is 0 Å². The Balaban J connectivity index is 2.14. The lowest BCUT2D eigenvalue weighted by molar-refractivity contribution is -0.130. The van der Waals surface area contributed by atoms with Gasteiger partial charge in [0.2, 0.25) is 5.91 Å². The van der Waals surface area contributed by atoms with Crippen molar-refractivity contribution < 1.29 is 14.3 Å². The van der Waals surface area contributed by atoms with Gasteiger partial charge in [0.05, 0.1) is 13.2 Å². The molecule has 1 aromatic rings. The van der Waals surface area contributed by atoms with Gasteiger partial charge < -0.3 is 15.0 Å². The first-order valence-electron chi connectivity index (χ1n) is 6.91. The molecule has 1 aromatic heterocycles. The predicted molar refractivity (Wildman–Crippen MR) is 78.2 cm³/mol. The van der Waals surface area contributed by atoms with Gasteiger partial charge in [-0.15, -0.1) is 0 Å². The SMILES string of the molecule is CCCNC(=O)C1COCCN1C(=O)c1ccnc(Cl)c1. The number of aromatic nitrogens is 1. The monoisotopic (exact) mass is 311 g/mol. The number of morpholine rings is 1. The number of ether oxygens (including phenoxy) is 1. The summed E-state index contributed by atoms with van der Waals surface area (Å²) < 4.78 is 5.33. The fraction of sp³-hybridized carbons (Fsp3) is 0.500. The van der Waals surface area contributed by atoms with Gasteiger partial charge in [-0.3, -0.25) is 9.59 Å². The van der Waals surface area contributed by atoms with Gasteiger partial charge in [-0.1, -0.05) is 18.5 Å². The van der Waals surface area contributed by atoms with E-state index in [0.717, 1.165) is 6.42 Å². The van der Waals surface area contributed by atoms with E-state index in [1.165, 1.54) is 17.2 Å². The van der Waals surface area contributed by atoms with E-state index in [1.54, 1.807) is 6.07 Å². The van der Waals surface area contributed by atoms with Crippen LogP contribution in [0.25, 0.3) is 0 Å². The Morgan fingerprint density at radius 2 is 2.38 bits per heavy atom. The van der Waals surface area contributed by atoms with Crippen molar-refractivity contribution in [2.75, 3.05) is 26.3 Å². The predicted octanol–water partition coefficient (Wildman–Crippen LogP) is 1.10. The van der Waals surface area contributed by atoms with Crippen LogP contribution in [0, 0.1) is 0 Å². The molecule has 114 valence electrons. The third-order valence-corrected chi connectivity index (χ3v) is 3.42. The normalized spacial score (nSPS) is 18.4. The van der Waals surface area contributed by atoms with E-state index >= 15 is 0 Å². The maximum Gasteiger partial charge on any atom is 0.254 e. The van der Waals surface area contributed by atoms with Crippen LogP contribution in [0.4, 0.5) is 0 Å². The van der Waals surface area contributed by atoms with E-state index in [1.807, 2.05) is 6.92 Å². The Bertz CT molecular complexity index is 524. The highest BCUT2D eigenvalue weighted by molar-refractivity contribution is 6.29. The van der Waals surface area contributed by atoms with Crippen molar-refractivity contribution in [1.82, 2.24) is 15.2 Å². The number of nitrogens with one attached hydrogen (secondary N) is 1. The summed E-state index contributed by atoms with van der Waals surface area (Å²) in [6, 6.07) is 2.48. The minimum absolute atomic E-state index is 0.190. The molecule has 1 aliphatic rings. The van der Waals surface area contributed by atoms with E-state index < -0.39 is 6.04 Å². The van der Waals surface area contributed by atoms with Gasteiger partial charge in [0.25, 0.3) is 5.91 Å². The van der Waals surface area contributed by atoms with Crippen molar-refractivity contribution >= 4 is 23.4 Å². The van der Waals surface area contributed by atoms with Crippen LogP contribution in [0.1, 0.15) is 23.7 Å². The Labute approximate surface area is 128 Å². The van der Waals surface area contributed by atoms with E-state index in [0.29, 0.717) is 25.3 Å². The average molecular weight is 312 g/mol. The first-order valence-corrected chi connectivity index (χ1v) is 7.29. The van der Waals surface area contributed by atoms with E-state index in [4.69, 9.17) is 16.3 Å². The summed E-state index contributed by atoms with van der Waals surface area (Å²) in [4.78, 5) is 30.1. The highest BCUT2D eigenvalue weighted by atomic mass is 35.5. The fourth-order valence-corrected chi connectivity index (χ4v) is 2.31. The molecule has 0 bridgehead atoms. The Kier molecular flexibility index (Phi) is 5.52. The zero-order valence-electron chi connectivity index (χ0n) is 11.8. The van der Waals surface area contributed by atoms with Crippen LogP contribution in [0.5, 0.6) is 0 Å². The van der Waals surface area contributed by atoms with Crippen molar-refractivity contribution in [1.29, 1.82) is 0 Å². The third kappa shape index (κ3) is 3.92. The lowest BCUT2D eigenvalue weighted by Crippen LogP contribution is -2.56. The van der Waals surface area contributed by atoms with Crippen molar-refractivity contribution in [3.05, 3.63) is 29.0 Å². The standard InChI is InChI=1S/C14H18ClN3O3/c1-2-4-17-13(19)11-9-21-7-6-18(11)14(20)10-3-5-16-12(15)8-10/h3,5,8,11H,2,4,6-7,9H2,1H3,(H,17,19). The number of nitrogens with zero attached hydrogens (tertiary/aromatic N) is 2. The van der Waals surface area contributed by atoms with Crippen LogP contribution in [0.15, 0.2) is 18.3 Å². The maximum atomic E-state index is 12.5. The quantitative estimate of drug-likeness (QED) is 0.845. The smallest absolute Gasteiger partial charge is 0.254 e. The lowest BCUT2D eigenvalue weighted by atomic mass is 10.1. The van der Waals surface area contributed by atoms with Crippen molar-refractivity contribution in [2.24, 2.45) is 0 Å². The van der Waals surface area contributed by atoms with Crippen LogP contribution in [-0.4, -0.2) is 54.0 Å². The van der Waals surface area contributed by atoms with E-state index in [9.17, 15) is 9.59 Å². The zero-order valence-corrected chi connectivity index (χ0v) is 12.6. The molecule has 0 spiro atoms. The maximum absolute atomic E-state index is 12.5. The van der Waals surface area contributed by atoms with Crippen LogP contribution in [0.2, 0.25) is 5.15 Å². The molecule has 2 amide bonds. The van der Waals surface area contributed by atoms with Gasteiger partial charge in [-0.05, 0) is 18.6 Å². The second kappa shape index (κ2) is 7.38. The number of hydrogen-bond donors (Lipinski definition) is 1. The number of carbonyl (C=O) groups is 2. The second-order valence-corrected chi connectivity index (χ2v) is 5.13. The Morgan fingerprint density at radius 3 is 3.10 bits per heavy atom. The van der Waals surface area contributed by atoms with Gasteiger partial charge >= 0.3 is 0 Å². The number of carbonyl (C=O) groups excluding carboxylic acids is 2. The molecule has 1 N–H and O–H groups in total. The molecule has 1 saturated heterocycles. The average Bonchev–Trinajstić information content (AvgIpc) is 2.52. The molecule has 1 aliphatic heterocycles. The summed E-state index contributed by atoms with van der Waals surface area (Å²) in [6.45, 7) is 3.56. The molecule has 1 unspecified atom stereocenters. The molecule has 1 fully saturated rings. The summed E-state index contributed by atoms with van der Waals surface area (Å²) in [7, 11) is 0. The lowest BCUT2D eigenvalue weighted by Gasteiger charge is -2.34. The first kappa shape index (κ1) is 15.7. The molecule has 0 aliphatic carbocycles. The molecular weight excluding hydrogens is 294 g/mol. The van der Waals surface area contributed by atoms with E-state index in [-0.39, 0.29) is 23.6 Å². The Hall–Kier alpha value is -1.66. The van der Waals surface area contributed by atoms with Gasteiger partial charge in [0.1, 0.15) is 11.2 Å². The van der Waals surface area contributed by atoms with Crippen LogP contribution >= 0.6 is 11.6 Å². The fourth-order valence-electron chi connectivity index (χ4n) is 2.13. The minimum Gasteiger partial charge on any atom is -0.377 e. The molecule has 7 heteroatoms. The summed E-state index contributed by atoms with van der Waals surface area (Å²) in [5.41, 5.74) is 0.421. The number of pyridine rings is 1. The topological polar surface area (TPSA) is 71.5 Å². The molecule has 0 saturated carbocycles. The summed E-state index contributed by atoms with van der Waals surface area (Å²) >= 11 is 5.81. The van der Waals surface area contributed by atoms with E-state index in [2.05, 4.69) is 10.3 Å². The van der Waals surface area contributed by atoms with Crippen LogP contribution in [-0.2, 0) is 9.53 Å². The van der Waals surface area contributed by atoms with Crippen molar-refractivity contribution in [2.45, 2.75) is 19.4 Å². The molecule has 6 nitrogen and oxygen atoms in total. The highest BCUT2D eigenvalue weighted by Gasteiger charge is 2.33. The third-order valence-electron chi connectivity index (χ3n) is 3.21. The van der Waals surface area contributed by atoms with Crippen molar-refractivity contribution in [3.8, 4) is 0 Å². The summed E-state index contributed by atoms with van der Waals surface area (Å²) in [6.07, 6.45) is 2.31. The van der Waals surface area contributed by atoms with Gasteiger partial charge in [-0.2, -0.15) is 0 Å². The number of hydrogen-bond acceptors (Lipinski definition) is 4. The zero-order chi connectivity index (χ0) is 15.2. The van der Waals surface area contributed by atoms with Gasteiger partial charge in [-0.25, -0.2) is 4.98 Å². The molecule has 21 heavy (non-hydrogen) atoms. The summed E-state index contributed by atoms with van der Waals surface area (Å²) in [5, 5.41) is 3.05. The molecule has 1 atom stereocenters. The number of amides is 2. The number of halogens is 1. The van der Waals surface area contributed by atoms with Crippen LogP contribution in [0.3, 0.4) is 0 Å². The van der Waals surface area contributed by atoms with Crippen molar-refractivity contribution in [3.63, 3.8) is 0 Å². The Morgan fingerprint density at radius 1 is 1.57 bits per heavy atom. The second-order valence-electron chi connectivity index (χ2n) is 4.75. The molecule has 0 radical (unpaired) electrons. The van der Waals surface area contributed by atoms with Gasteiger partial charge in [0, 0.05) is 24.8 Å². The molecule has 2 rings (SSSR count). The first-order chi connectivity index (χ1) is 10.1. The highest BCUT2D eigenvalue weighted by Crippen LogP contribution is 2.15. The molecular formula is C14H18ClN3O3. The summed E-state index contributed by atoms with van der Waals surface area (Å²) in [5.74, 6) is -0.427. The molecule has 0 aromatic carbocycles. The number of rotatable bonds is 4. The molecule has 2 heterocycles. The van der Waals surface area contributed by atoms with Crippen LogP contribution < -0.4 is 5.32 Å².